The summed E-state index contributed by atoms with van der Waals surface area (Å²) in [5.74, 6) is 0.619. The van der Waals surface area contributed by atoms with Crippen molar-refractivity contribution in [2.45, 2.75) is 78.4 Å². The minimum Gasteiger partial charge on any atom is -0.375 e. The predicted molar refractivity (Wildman–Crippen MR) is 103 cm³/mol. The third kappa shape index (κ3) is 6.07. The minimum absolute atomic E-state index is 0.0147. The maximum atomic E-state index is 13.7. The molecule has 2 nitrogen and oxygen atoms in total. The van der Waals surface area contributed by atoms with E-state index < -0.39 is 0 Å². The zero-order chi connectivity index (χ0) is 18.3. The van der Waals surface area contributed by atoms with Crippen molar-refractivity contribution in [2.75, 3.05) is 13.2 Å². The molecule has 1 aliphatic rings. The smallest absolute Gasteiger partial charge is 0.127 e. The van der Waals surface area contributed by atoms with E-state index in [2.05, 4.69) is 33.0 Å². The van der Waals surface area contributed by atoms with Gasteiger partial charge in [-0.2, -0.15) is 0 Å². The van der Waals surface area contributed by atoms with Crippen molar-refractivity contribution in [2.24, 2.45) is 11.3 Å². The Morgan fingerprint density at radius 3 is 2.68 bits per heavy atom. The SMILES string of the molecule is CC[C@@]1(C)C[C@](CCNCc2ccccc2F)(CCC(C)C)CCO1. The monoisotopic (exact) mass is 349 g/mol. The van der Waals surface area contributed by atoms with Crippen LogP contribution in [0.3, 0.4) is 0 Å². The summed E-state index contributed by atoms with van der Waals surface area (Å²) in [6, 6.07) is 7.04. The zero-order valence-electron chi connectivity index (χ0n) is 16.5. The molecule has 1 heterocycles. The van der Waals surface area contributed by atoms with Crippen molar-refractivity contribution < 1.29 is 9.13 Å². The lowest BCUT2D eigenvalue weighted by atomic mass is 9.67. The van der Waals surface area contributed by atoms with Crippen LogP contribution in [0.5, 0.6) is 0 Å². The van der Waals surface area contributed by atoms with Crippen molar-refractivity contribution >= 4 is 0 Å². The molecule has 2 atom stereocenters. The molecule has 0 unspecified atom stereocenters. The van der Waals surface area contributed by atoms with Gasteiger partial charge in [0, 0.05) is 18.7 Å². The fourth-order valence-electron chi connectivity index (χ4n) is 4.04. The average molecular weight is 350 g/mol. The highest BCUT2D eigenvalue weighted by Crippen LogP contribution is 2.46. The van der Waals surface area contributed by atoms with Crippen LogP contribution in [0, 0.1) is 17.2 Å². The Balaban J connectivity index is 1.93. The lowest BCUT2D eigenvalue weighted by molar-refractivity contribution is -0.122. The first-order chi connectivity index (χ1) is 11.9. The summed E-state index contributed by atoms with van der Waals surface area (Å²) in [6.07, 6.45) is 7.05. The molecule has 0 bridgehead atoms. The quantitative estimate of drug-likeness (QED) is 0.577. The Morgan fingerprint density at radius 1 is 1.24 bits per heavy atom. The van der Waals surface area contributed by atoms with Crippen LogP contribution < -0.4 is 5.32 Å². The summed E-state index contributed by atoms with van der Waals surface area (Å²) in [6.45, 7) is 11.5. The summed E-state index contributed by atoms with van der Waals surface area (Å²) in [7, 11) is 0. The van der Waals surface area contributed by atoms with Crippen LogP contribution in [0.1, 0.15) is 71.8 Å². The van der Waals surface area contributed by atoms with E-state index in [0.29, 0.717) is 12.0 Å². The normalized spacial score (nSPS) is 27.0. The third-order valence-corrected chi connectivity index (χ3v) is 5.94. The van der Waals surface area contributed by atoms with Crippen LogP contribution in [-0.4, -0.2) is 18.8 Å². The molecule has 2 rings (SSSR count). The predicted octanol–water partition coefficient (Wildman–Crippen LogP) is 5.71. The number of halogens is 1. The number of hydrogen-bond acceptors (Lipinski definition) is 2. The minimum atomic E-state index is -0.117. The number of rotatable bonds is 9. The second-order valence-electron chi connectivity index (χ2n) is 8.53. The third-order valence-electron chi connectivity index (χ3n) is 5.94. The van der Waals surface area contributed by atoms with Crippen LogP contribution >= 0.6 is 0 Å². The average Bonchev–Trinajstić information content (AvgIpc) is 2.59. The standard InChI is InChI=1S/C22H36FNO/c1-5-21(4)17-22(13-15-25-21,11-10-18(2)3)12-14-24-16-19-8-6-7-9-20(19)23/h6-9,18,24H,5,10-17H2,1-4H3/t21-,22-/m0/s1. The molecule has 1 aromatic carbocycles. The van der Waals surface area contributed by atoms with Gasteiger partial charge in [0.15, 0.2) is 0 Å². The summed E-state index contributed by atoms with van der Waals surface area (Å²) >= 11 is 0. The largest absolute Gasteiger partial charge is 0.375 e. The van der Waals surface area contributed by atoms with Crippen molar-refractivity contribution in [1.82, 2.24) is 5.32 Å². The van der Waals surface area contributed by atoms with Gasteiger partial charge in [-0.1, -0.05) is 45.4 Å². The fourth-order valence-corrected chi connectivity index (χ4v) is 4.04. The van der Waals surface area contributed by atoms with Gasteiger partial charge in [0.2, 0.25) is 0 Å². The first-order valence-electron chi connectivity index (χ1n) is 9.96. The van der Waals surface area contributed by atoms with Crippen LogP contribution in [0.15, 0.2) is 24.3 Å². The van der Waals surface area contributed by atoms with E-state index in [1.807, 2.05) is 12.1 Å². The Labute approximate surface area is 153 Å². The van der Waals surface area contributed by atoms with Crippen molar-refractivity contribution in [3.63, 3.8) is 0 Å². The summed E-state index contributed by atoms with van der Waals surface area (Å²) in [5.41, 5.74) is 1.13. The highest BCUT2D eigenvalue weighted by atomic mass is 19.1. The molecule has 3 heteroatoms. The van der Waals surface area contributed by atoms with E-state index in [1.54, 1.807) is 6.07 Å². The summed E-state index contributed by atoms with van der Waals surface area (Å²) in [4.78, 5) is 0. The molecule has 0 saturated carbocycles. The summed E-state index contributed by atoms with van der Waals surface area (Å²) < 4.78 is 19.8. The highest BCUT2D eigenvalue weighted by Gasteiger charge is 2.41. The van der Waals surface area contributed by atoms with E-state index in [9.17, 15) is 4.39 Å². The molecule has 1 aliphatic heterocycles. The van der Waals surface area contributed by atoms with Crippen molar-refractivity contribution in [3.8, 4) is 0 Å². The molecular formula is C22H36FNO. The van der Waals surface area contributed by atoms with Gasteiger partial charge in [0.05, 0.1) is 5.60 Å². The topological polar surface area (TPSA) is 21.3 Å². The number of nitrogens with one attached hydrogen (secondary N) is 1. The van der Waals surface area contributed by atoms with Gasteiger partial charge in [-0.25, -0.2) is 4.39 Å². The maximum Gasteiger partial charge on any atom is 0.127 e. The molecule has 0 aromatic heterocycles. The van der Waals surface area contributed by atoms with Gasteiger partial charge in [-0.15, -0.1) is 0 Å². The van der Waals surface area contributed by atoms with Crippen molar-refractivity contribution in [1.29, 1.82) is 0 Å². The molecule has 1 aromatic rings. The molecule has 0 radical (unpaired) electrons. The Bertz CT molecular complexity index is 533. The van der Waals surface area contributed by atoms with Crippen LogP contribution in [-0.2, 0) is 11.3 Å². The Hall–Kier alpha value is -0.930. The molecule has 1 N–H and O–H groups in total. The van der Waals surface area contributed by atoms with Crippen LogP contribution in [0.2, 0.25) is 0 Å². The molecule has 0 amide bonds. The van der Waals surface area contributed by atoms with Crippen molar-refractivity contribution in [3.05, 3.63) is 35.6 Å². The van der Waals surface area contributed by atoms with Gasteiger partial charge in [0.1, 0.15) is 5.82 Å². The summed E-state index contributed by atoms with van der Waals surface area (Å²) in [5, 5.41) is 3.47. The van der Waals surface area contributed by atoms with Gasteiger partial charge >= 0.3 is 0 Å². The molecule has 1 saturated heterocycles. The Kier molecular flexibility index (Phi) is 7.45. The molecule has 25 heavy (non-hydrogen) atoms. The molecular weight excluding hydrogens is 313 g/mol. The molecule has 1 fully saturated rings. The van der Waals surface area contributed by atoms with E-state index in [-0.39, 0.29) is 11.4 Å². The fraction of sp³-hybridized carbons (Fsp3) is 0.727. The van der Waals surface area contributed by atoms with Gasteiger partial charge in [-0.05, 0) is 63.0 Å². The first kappa shape index (κ1) is 20.4. The molecule has 0 aliphatic carbocycles. The van der Waals surface area contributed by atoms with Gasteiger partial charge in [-0.3, -0.25) is 0 Å². The van der Waals surface area contributed by atoms with Crippen LogP contribution in [0.4, 0.5) is 4.39 Å². The number of hydrogen-bond donors (Lipinski definition) is 1. The molecule has 0 spiro atoms. The second-order valence-corrected chi connectivity index (χ2v) is 8.53. The maximum absolute atomic E-state index is 13.7. The van der Waals surface area contributed by atoms with E-state index >= 15 is 0 Å². The Morgan fingerprint density at radius 2 is 2.00 bits per heavy atom. The zero-order valence-corrected chi connectivity index (χ0v) is 16.5. The lowest BCUT2D eigenvalue weighted by Crippen LogP contribution is -2.44. The van der Waals surface area contributed by atoms with Gasteiger partial charge in [0.25, 0.3) is 0 Å². The number of ether oxygens (including phenoxy) is 1. The molecule has 142 valence electrons. The van der Waals surface area contributed by atoms with E-state index in [0.717, 1.165) is 50.3 Å². The van der Waals surface area contributed by atoms with Crippen LogP contribution in [0.25, 0.3) is 0 Å². The first-order valence-corrected chi connectivity index (χ1v) is 9.96. The second kappa shape index (κ2) is 9.14. The van der Waals surface area contributed by atoms with E-state index in [1.165, 1.54) is 18.9 Å². The van der Waals surface area contributed by atoms with E-state index in [4.69, 9.17) is 4.74 Å². The number of benzene rings is 1. The highest BCUT2D eigenvalue weighted by molar-refractivity contribution is 5.16. The van der Waals surface area contributed by atoms with Gasteiger partial charge < -0.3 is 10.1 Å². The lowest BCUT2D eigenvalue weighted by Gasteiger charge is -2.47.